The highest BCUT2D eigenvalue weighted by atomic mass is 79.9. The Labute approximate surface area is 130 Å². The van der Waals surface area contributed by atoms with Crippen LogP contribution < -0.4 is 5.32 Å². The predicted molar refractivity (Wildman–Crippen MR) is 80.4 cm³/mol. The minimum atomic E-state index is -4.31. The third-order valence-electron chi connectivity index (χ3n) is 4.29. The Morgan fingerprint density at radius 2 is 2.00 bits per heavy atom. The van der Waals surface area contributed by atoms with Crippen LogP contribution in [0.5, 0.6) is 0 Å². The quantitative estimate of drug-likeness (QED) is 0.851. The van der Waals surface area contributed by atoms with Gasteiger partial charge in [-0.15, -0.1) is 0 Å². The lowest BCUT2D eigenvalue weighted by atomic mass is 10.1. The van der Waals surface area contributed by atoms with Crippen LogP contribution in [-0.2, 0) is 6.18 Å². The molecule has 6 heteroatoms. The van der Waals surface area contributed by atoms with Gasteiger partial charge >= 0.3 is 6.18 Å². The molecule has 1 heterocycles. The zero-order chi connectivity index (χ0) is 15.2. The summed E-state index contributed by atoms with van der Waals surface area (Å²) >= 11 is 3.33. The number of nitrogens with one attached hydrogen (secondary N) is 1. The van der Waals surface area contributed by atoms with Gasteiger partial charge in [0.2, 0.25) is 0 Å². The van der Waals surface area contributed by atoms with Crippen molar-refractivity contribution in [2.45, 2.75) is 50.5 Å². The van der Waals surface area contributed by atoms with Gasteiger partial charge in [-0.1, -0.05) is 0 Å². The van der Waals surface area contributed by atoms with Crippen LogP contribution in [-0.4, -0.2) is 29.6 Å². The molecule has 2 aliphatic rings. The fraction of sp³-hybridized carbons (Fsp3) is 0.600. The predicted octanol–water partition coefficient (Wildman–Crippen LogP) is 4.51. The number of nitrogens with zero attached hydrogens (tertiary/aromatic N) is 1. The van der Waals surface area contributed by atoms with E-state index in [9.17, 15) is 13.2 Å². The van der Waals surface area contributed by atoms with E-state index in [0.717, 1.165) is 19.0 Å². The van der Waals surface area contributed by atoms with Crippen molar-refractivity contribution < 1.29 is 13.2 Å². The normalized spacial score (nSPS) is 27.1. The van der Waals surface area contributed by atoms with Crippen LogP contribution >= 0.6 is 15.9 Å². The van der Waals surface area contributed by atoms with Crippen molar-refractivity contribution in [1.29, 1.82) is 0 Å². The van der Waals surface area contributed by atoms with Crippen LogP contribution in [0.2, 0.25) is 0 Å². The number of hydrogen-bond acceptors (Lipinski definition) is 2. The van der Waals surface area contributed by atoms with Crippen molar-refractivity contribution in [2.75, 3.05) is 11.9 Å². The van der Waals surface area contributed by atoms with Crippen molar-refractivity contribution in [2.24, 2.45) is 0 Å². The maximum atomic E-state index is 12.8. The SMILES string of the molecule is CC1CC(Nc2cc(C(F)(F)F)ccc2Br)CN1C1CC1. The Kier molecular flexibility index (Phi) is 3.94. The molecule has 116 valence electrons. The van der Waals surface area contributed by atoms with E-state index >= 15 is 0 Å². The molecule has 2 unspecified atom stereocenters. The molecule has 1 aromatic rings. The monoisotopic (exact) mass is 362 g/mol. The Morgan fingerprint density at radius 3 is 2.62 bits per heavy atom. The highest BCUT2D eigenvalue weighted by molar-refractivity contribution is 9.10. The molecular weight excluding hydrogens is 345 g/mol. The summed E-state index contributed by atoms with van der Waals surface area (Å²) < 4.78 is 39.1. The van der Waals surface area contributed by atoms with Gasteiger partial charge < -0.3 is 5.32 Å². The largest absolute Gasteiger partial charge is 0.416 e. The van der Waals surface area contributed by atoms with E-state index < -0.39 is 11.7 Å². The third kappa shape index (κ3) is 3.37. The third-order valence-corrected chi connectivity index (χ3v) is 4.98. The summed E-state index contributed by atoms with van der Waals surface area (Å²) in [4.78, 5) is 2.47. The van der Waals surface area contributed by atoms with Crippen LogP contribution in [0.3, 0.4) is 0 Å². The van der Waals surface area contributed by atoms with E-state index in [0.29, 0.717) is 22.2 Å². The number of hydrogen-bond donors (Lipinski definition) is 1. The maximum absolute atomic E-state index is 12.8. The van der Waals surface area contributed by atoms with Gasteiger partial charge in [-0.2, -0.15) is 13.2 Å². The molecular formula is C15H18BrF3N2. The highest BCUT2D eigenvalue weighted by Crippen LogP contribution is 2.37. The van der Waals surface area contributed by atoms with Gasteiger partial charge in [0.05, 0.1) is 5.56 Å². The molecule has 2 fully saturated rings. The number of halogens is 4. The molecule has 1 aliphatic carbocycles. The Bertz CT molecular complexity index is 528. The van der Waals surface area contributed by atoms with Crippen molar-refractivity contribution in [3.8, 4) is 0 Å². The first kappa shape index (κ1) is 15.2. The summed E-state index contributed by atoms with van der Waals surface area (Å²) in [7, 11) is 0. The molecule has 1 aromatic carbocycles. The molecule has 3 rings (SSSR count). The second-order valence-electron chi connectivity index (χ2n) is 6.05. The van der Waals surface area contributed by atoms with Gasteiger partial charge in [-0.3, -0.25) is 4.90 Å². The molecule has 0 spiro atoms. The van der Waals surface area contributed by atoms with Crippen molar-refractivity contribution in [3.63, 3.8) is 0 Å². The molecule has 0 amide bonds. The molecule has 1 aliphatic heterocycles. The summed E-state index contributed by atoms with van der Waals surface area (Å²) in [6.07, 6.45) is -0.825. The van der Waals surface area contributed by atoms with Gasteiger partial charge in [0.25, 0.3) is 0 Å². The van der Waals surface area contributed by atoms with E-state index in [-0.39, 0.29) is 6.04 Å². The second-order valence-corrected chi connectivity index (χ2v) is 6.90. The minimum absolute atomic E-state index is 0.209. The van der Waals surface area contributed by atoms with Gasteiger partial charge in [-0.25, -0.2) is 0 Å². The number of alkyl halides is 3. The smallest absolute Gasteiger partial charge is 0.380 e. The van der Waals surface area contributed by atoms with E-state index in [1.54, 1.807) is 0 Å². The zero-order valence-electron chi connectivity index (χ0n) is 11.8. The summed E-state index contributed by atoms with van der Waals surface area (Å²) in [6.45, 7) is 3.11. The molecule has 1 saturated carbocycles. The first-order valence-corrected chi connectivity index (χ1v) is 8.03. The van der Waals surface area contributed by atoms with Crippen molar-refractivity contribution in [3.05, 3.63) is 28.2 Å². The topological polar surface area (TPSA) is 15.3 Å². The molecule has 1 N–H and O–H groups in total. The van der Waals surface area contributed by atoms with E-state index in [1.165, 1.54) is 25.0 Å². The Hall–Kier alpha value is -0.750. The maximum Gasteiger partial charge on any atom is 0.416 e. The van der Waals surface area contributed by atoms with E-state index in [1.807, 2.05) is 0 Å². The first-order chi connectivity index (χ1) is 9.84. The van der Waals surface area contributed by atoms with Crippen LogP contribution in [0, 0.1) is 0 Å². The van der Waals surface area contributed by atoms with Gasteiger partial charge in [-0.05, 0) is 60.3 Å². The second kappa shape index (κ2) is 5.47. The number of rotatable bonds is 3. The zero-order valence-corrected chi connectivity index (χ0v) is 13.3. The number of likely N-dealkylation sites (tertiary alicyclic amines) is 1. The molecule has 0 radical (unpaired) electrons. The van der Waals surface area contributed by atoms with E-state index in [4.69, 9.17) is 0 Å². The lowest BCUT2D eigenvalue weighted by Gasteiger charge is -2.20. The average molecular weight is 363 g/mol. The summed E-state index contributed by atoms with van der Waals surface area (Å²) in [6, 6.07) is 5.15. The minimum Gasteiger partial charge on any atom is -0.380 e. The average Bonchev–Trinajstić information content (AvgIpc) is 3.16. The molecule has 2 atom stereocenters. The van der Waals surface area contributed by atoms with Crippen molar-refractivity contribution in [1.82, 2.24) is 4.90 Å². The molecule has 2 nitrogen and oxygen atoms in total. The fourth-order valence-corrected chi connectivity index (χ4v) is 3.47. The summed E-state index contributed by atoms with van der Waals surface area (Å²) in [5.74, 6) is 0. The molecule has 0 bridgehead atoms. The standard InChI is InChI=1S/C15H18BrF3N2/c1-9-6-11(8-21(9)12-3-4-12)20-14-7-10(15(17,18)19)2-5-13(14)16/h2,5,7,9,11-12,20H,3-4,6,8H2,1H3. The van der Waals surface area contributed by atoms with Gasteiger partial charge in [0, 0.05) is 34.8 Å². The summed E-state index contributed by atoms with van der Waals surface area (Å²) in [5.41, 5.74) is -0.0852. The Balaban J connectivity index is 1.73. The molecule has 21 heavy (non-hydrogen) atoms. The van der Waals surface area contributed by atoms with Crippen LogP contribution in [0.15, 0.2) is 22.7 Å². The van der Waals surface area contributed by atoms with Crippen molar-refractivity contribution >= 4 is 21.6 Å². The Morgan fingerprint density at radius 1 is 1.29 bits per heavy atom. The molecule has 1 saturated heterocycles. The van der Waals surface area contributed by atoms with Crippen LogP contribution in [0.1, 0.15) is 31.7 Å². The van der Waals surface area contributed by atoms with E-state index in [2.05, 4.69) is 33.1 Å². The van der Waals surface area contributed by atoms with Crippen LogP contribution in [0.25, 0.3) is 0 Å². The van der Waals surface area contributed by atoms with Gasteiger partial charge in [0.1, 0.15) is 0 Å². The summed E-state index contributed by atoms with van der Waals surface area (Å²) in [5, 5.41) is 3.28. The lowest BCUT2D eigenvalue weighted by molar-refractivity contribution is -0.137. The number of anilines is 1. The lowest BCUT2D eigenvalue weighted by Crippen LogP contribution is -2.31. The fourth-order valence-electron chi connectivity index (χ4n) is 3.11. The first-order valence-electron chi connectivity index (χ1n) is 7.23. The highest BCUT2D eigenvalue weighted by Gasteiger charge is 2.39. The van der Waals surface area contributed by atoms with Gasteiger partial charge in [0.15, 0.2) is 0 Å². The van der Waals surface area contributed by atoms with Crippen LogP contribution in [0.4, 0.5) is 18.9 Å². The molecule has 0 aromatic heterocycles. The number of benzene rings is 1.